The summed E-state index contributed by atoms with van der Waals surface area (Å²) in [4.78, 5) is 0. The van der Waals surface area contributed by atoms with E-state index in [1.165, 1.54) is 0 Å². The molecule has 0 atom stereocenters. The van der Waals surface area contributed by atoms with Crippen molar-refractivity contribution in [3.05, 3.63) is 0 Å². The van der Waals surface area contributed by atoms with Crippen molar-refractivity contribution in [2.24, 2.45) is 0 Å². The molecule has 0 amide bonds. The van der Waals surface area contributed by atoms with E-state index in [4.69, 9.17) is 21.1 Å². The van der Waals surface area contributed by atoms with E-state index in [1.807, 2.05) is 0 Å². The van der Waals surface area contributed by atoms with Crippen molar-refractivity contribution in [1.29, 1.82) is 0 Å². The second kappa shape index (κ2) is 8.48. The molecular formula is C10H22ClNO2. The Morgan fingerprint density at radius 1 is 1.21 bits per heavy atom. The molecule has 0 bridgehead atoms. The van der Waals surface area contributed by atoms with Gasteiger partial charge in [-0.1, -0.05) is 0 Å². The third-order valence-electron chi connectivity index (χ3n) is 1.83. The maximum absolute atomic E-state index is 5.76. The fourth-order valence-electron chi connectivity index (χ4n) is 0.893. The SMILES string of the molecule is COCCOCCCNC(C)(C)CCl. The van der Waals surface area contributed by atoms with Gasteiger partial charge in [0.2, 0.25) is 0 Å². The first-order valence-corrected chi connectivity index (χ1v) is 5.53. The van der Waals surface area contributed by atoms with Crippen LogP contribution in [-0.2, 0) is 9.47 Å². The predicted octanol–water partition coefficient (Wildman–Crippen LogP) is 1.65. The van der Waals surface area contributed by atoms with Gasteiger partial charge in [-0.3, -0.25) is 0 Å². The van der Waals surface area contributed by atoms with Crippen LogP contribution >= 0.6 is 11.6 Å². The minimum absolute atomic E-state index is 0.0219. The van der Waals surface area contributed by atoms with E-state index in [-0.39, 0.29) is 5.54 Å². The smallest absolute Gasteiger partial charge is 0.0700 e. The highest BCUT2D eigenvalue weighted by molar-refractivity contribution is 6.18. The molecule has 0 aliphatic carbocycles. The summed E-state index contributed by atoms with van der Waals surface area (Å²) in [7, 11) is 1.67. The highest BCUT2D eigenvalue weighted by Gasteiger charge is 2.13. The molecule has 0 aliphatic rings. The summed E-state index contributed by atoms with van der Waals surface area (Å²) in [6.45, 7) is 7.23. The Bertz CT molecular complexity index is 131. The van der Waals surface area contributed by atoms with E-state index in [0.717, 1.165) is 19.6 Å². The quantitative estimate of drug-likeness (QED) is 0.476. The summed E-state index contributed by atoms with van der Waals surface area (Å²) in [5, 5.41) is 3.36. The Morgan fingerprint density at radius 2 is 1.93 bits per heavy atom. The highest BCUT2D eigenvalue weighted by Crippen LogP contribution is 2.03. The van der Waals surface area contributed by atoms with Gasteiger partial charge >= 0.3 is 0 Å². The molecule has 0 aromatic carbocycles. The molecule has 0 saturated heterocycles. The highest BCUT2D eigenvalue weighted by atomic mass is 35.5. The summed E-state index contributed by atoms with van der Waals surface area (Å²) >= 11 is 5.76. The zero-order valence-corrected chi connectivity index (χ0v) is 10.2. The molecule has 0 unspecified atom stereocenters. The number of nitrogens with one attached hydrogen (secondary N) is 1. The molecule has 0 saturated carbocycles. The van der Waals surface area contributed by atoms with Gasteiger partial charge in [-0.25, -0.2) is 0 Å². The summed E-state index contributed by atoms with van der Waals surface area (Å²) in [5.41, 5.74) is 0.0219. The minimum Gasteiger partial charge on any atom is -0.382 e. The minimum atomic E-state index is 0.0219. The zero-order chi connectivity index (χ0) is 10.9. The lowest BCUT2D eigenvalue weighted by Crippen LogP contribution is -2.41. The normalized spacial score (nSPS) is 12.0. The third kappa shape index (κ3) is 8.75. The fourth-order valence-corrected chi connectivity index (χ4v) is 0.987. The summed E-state index contributed by atoms with van der Waals surface area (Å²) in [6.07, 6.45) is 1.00. The summed E-state index contributed by atoms with van der Waals surface area (Å²) in [5.74, 6) is 0.623. The average Bonchev–Trinajstić information content (AvgIpc) is 2.16. The zero-order valence-electron chi connectivity index (χ0n) is 9.44. The number of hydrogen-bond donors (Lipinski definition) is 1. The molecule has 0 fully saturated rings. The lowest BCUT2D eigenvalue weighted by atomic mass is 10.1. The van der Waals surface area contributed by atoms with Crippen LogP contribution in [0.5, 0.6) is 0 Å². The number of alkyl halides is 1. The predicted molar refractivity (Wildman–Crippen MR) is 60.1 cm³/mol. The van der Waals surface area contributed by atoms with Crippen LogP contribution in [0, 0.1) is 0 Å². The van der Waals surface area contributed by atoms with Crippen LogP contribution < -0.4 is 5.32 Å². The van der Waals surface area contributed by atoms with Crippen LogP contribution in [0.3, 0.4) is 0 Å². The molecule has 0 rings (SSSR count). The van der Waals surface area contributed by atoms with Gasteiger partial charge in [0.05, 0.1) is 13.2 Å². The van der Waals surface area contributed by atoms with Crippen LogP contribution in [0.1, 0.15) is 20.3 Å². The van der Waals surface area contributed by atoms with Gasteiger partial charge < -0.3 is 14.8 Å². The van der Waals surface area contributed by atoms with Gasteiger partial charge in [0.1, 0.15) is 0 Å². The molecule has 0 aliphatic heterocycles. The third-order valence-corrected chi connectivity index (χ3v) is 2.50. The number of methoxy groups -OCH3 is 1. The van der Waals surface area contributed by atoms with Crippen molar-refractivity contribution < 1.29 is 9.47 Å². The Morgan fingerprint density at radius 3 is 2.50 bits per heavy atom. The molecular weight excluding hydrogens is 202 g/mol. The van der Waals surface area contributed by atoms with E-state index in [2.05, 4.69) is 19.2 Å². The van der Waals surface area contributed by atoms with Crippen molar-refractivity contribution in [1.82, 2.24) is 5.32 Å². The van der Waals surface area contributed by atoms with Gasteiger partial charge in [0, 0.05) is 25.1 Å². The van der Waals surface area contributed by atoms with Crippen molar-refractivity contribution in [2.75, 3.05) is 39.4 Å². The number of hydrogen-bond acceptors (Lipinski definition) is 3. The molecule has 0 heterocycles. The maximum Gasteiger partial charge on any atom is 0.0700 e. The Kier molecular flexibility index (Phi) is 8.58. The number of ether oxygens (including phenoxy) is 2. The van der Waals surface area contributed by atoms with Gasteiger partial charge in [-0.2, -0.15) is 0 Å². The van der Waals surface area contributed by atoms with Crippen LogP contribution in [0.25, 0.3) is 0 Å². The molecule has 14 heavy (non-hydrogen) atoms. The topological polar surface area (TPSA) is 30.5 Å². The molecule has 86 valence electrons. The summed E-state index contributed by atoms with van der Waals surface area (Å²) < 4.78 is 10.2. The number of halogens is 1. The van der Waals surface area contributed by atoms with Crippen LogP contribution in [0.2, 0.25) is 0 Å². The van der Waals surface area contributed by atoms with E-state index in [1.54, 1.807) is 7.11 Å². The second-order valence-electron chi connectivity index (χ2n) is 3.90. The Balaban J connectivity index is 3.13. The monoisotopic (exact) mass is 223 g/mol. The van der Waals surface area contributed by atoms with Gasteiger partial charge in [0.25, 0.3) is 0 Å². The average molecular weight is 224 g/mol. The van der Waals surface area contributed by atoms with E-state index < -0.39 is 0 Å². The van der Waals surface area contributed by atoms with E-state index in [0.29, 0.717) is 19.1 Å². The van der Waals surface area contributed by atoms with Crippen molar-refractivity contribution in [3.8, 4) is 0 Å². The maximum atomic E-state index is 5.76. The Labute approximate surface area is 92.1 Å². The molecule has 4 heteroatoms. The van der Waals surface area contributed by atoms with Gasteiger partial charge in [-0.15, -0.1) is 11.6 Å². The molecule has 3 nitrogen and oxygen atoms in total. The van der Waals surface area contributed by atoms with Crippen LogP contribution in [-0.4, -0.2) is 44.9 Å². The van der Waals surface area contributed by atoms with Crippen molar-refractivity contribution in [3.63, 3.8) is 0 Å². The lowest BCUT2D eigenvalue weighted by molar-refractivity contribution is 0.0690. The molecule has 0 aromatic rings. The largest absolute Gasteiger partial charge is 0.382 e. The Hall–Kier alpha value is 0.170. The van der Waals surface area contributed by atoms with Gasteiger partial charge in [-0.05, 0) is 26.8 Å². The first kappa shape index (κ1) is 14.2. The van der Waals surface area contributed by atoms with E-state index in [9.17, 15) is 0 Å². The fraction of sp³-hybridized carbons (Fsp3) is 1.00. The standard InChI is InChI=1S/C10H22ClNO2/c1-10(2,9-11)12-5-4-6-14-8-7-13-3/h12H,4-9H2,1-3H3. The van der Waals surface area contributed by atoms with Crippen molar-refractivity contribution >= 4 is 11.6 Å². The number of rotatable bonds is 9. The van der Waals surface area contributed by atoms with Crippen LogP contribution in [0.15, 0.2) is 0 Å². The molecule has 1 N–H and O–H groups in total. The van der Waals surface area contributed by atoms with Crippen molar-refractivity contribution in [2.45, 2.75) is 25.8 Å². The first-order valence-electron chi connectivity index (χ1n) is 5.00. The summed E-state index contributed by atoms with van der Waals surface area (Å²) in [6, 6.07) is 0. The van der Waals surface area contributed by atoms with Gasteiger partial charge in [0.15, 0.2) is 0 Å². The first-order chi connectivity index (χ1) is 6.62. The lowest BCUT2D eigenvalue weighted by Gasteiger charge is -2.23. The molecule has 0 spiro atoms. The van der Waals surface area contributed by atoms with E-state index >= 15 is 0 Å². The second-order valence-corrected chi connectivity index (χ2v) is 4.17. The molecule has 0 radical (unpaired) electrons. The van der Waals surface area contributed by atoms with Crippen LogP contribution in [0.4, 0.5) is 0 Å². The molecule has 0 aromatic heterocycles.